The zero-order valence-electron chi connectivity index (χ0n) is 14.3. The van der Waals surface area contributed by atoms with E-state index in [1.165, 1.54) is 0 Å². The molecule has 0 aromatic heterocycles. The third-order valence-electron chi connectivity index (χ3n) is 3.34. The molecule has 1 aliphatic rings. The number of amides is 2. The molecular formula is C13H25N5O4S2. The van der Waals surface area contributed by atoms with E-state index in [9.17, 15) is 18.0 Å². The van der Waals surface area contributed by atoms with Gasteiger partial charge in [-0.2, -0.15) is 5.11 Å². The summed E-state index contributed by atoms with van der Waals surface area (Å²) in [5, 5.41) is 3.40. The molecule has 138 valence electrons. The minimum Gasteiger partial charge on any atom is -0.273 e. The molecule has 0 spiro atoms. The number of nitrogens with zero attached hydrogens (tertiary/aromatic N) is 2. The number of hydrogen-bond donors (Lipinski definition) is 3. The van der Waals surface area contributed by atoms with Crippen molar-refractivity contribution in [2.75, 3.05) is 6.54 Å². The molecule has 0 saturated carbocycles. The minimum absolute atomic E-state index is 0.194. The third kappa shape index (κ3) is 6.36. The second-order valence-electron chi connectivity index (χ2n) is 6.47. The van der Waals surface area contributed by atoms with E-state index in [-0.39, 0.29) is 30.8 Å². The fourth-order valence-electron chi connectivity index (χ4n) is 1.67. The lowest BCUT2D eigenvalue weighted by Gasteiger charge is -2.19. The molecule has 1 heterocycles. The zero-order valence-corrected chi connectivity index (χ0v) is 16.0. The molecule has 9 nitrogen and oxygen atoms in total. The van der Waals surface area contributed by atoms with Crippen LogP contribution in [-0.4, -0.2) is 42.8 Å². The summed E-state index contributed by atoms with van der Waals surface area (Å²) in [4.78, 5) is 23.4. The van der Waals surface area contributed by atoms with Crippen LogP contribution in [-0.2, 0) is 19.6 Å². The highest BCUT2D eigenvalue weighted by atomic mass is 32.2. The van der Waals surface area contributed by atoms with Gasteiger partial charge in [-0.15, -0.1) is 4.52 Å². The van der Waals surface area contributed by atoms with Gasteiger partial charge in [0.2, 0.25) is 15.9 Å². The Morgan fingerprint density at radius 3 is 2.38 bits per heavy atom. The molecule has 2 atom stereocenters. The summed E-state index contributed by atoms with van der Waals surface area (Å²) in [5.74, 6) is -0.671. The Morgan fingerprint density at radius 2 is 1.83 bits per heavy atom. The number of carbonyl (C=O) groups is 2. The number of rotatable bonds is 7. The number of hydrazine groups is 1. The fraction of sp³-hybridized carbons (Fsp3) is 0.846. The van der Waals surface area contributed by atoms with Crippen LogP contribution in [0.2, 0.25) is 0 Å². The van der Waals surface area contributed by atoms with Crippen LogP contribution in [0, 0.1) is 0 Å². The monoisotopic (exact) mass is 379 g/mol. The molecule has 11 heteroatoms. The van der Waals surface area contributed by atoms with E-state index in [0.29, 0.717) is 12.8 Å². The van der Waals surface area contributed by atoms with Gasteiger partial charge in [-0.1, -0.05) is 0 Å². The van der Waals surface area contributed by atoms with Crippen molar-refractivity contribution < 1.29 is 18.0 Å². The van der Waals surface area contributed by atoms with Crippen LogP contribution in [0.4, 0.5) is 0 Å². The predicted octanol–water partition coefficient (Wildman–Crippen LogP) is 0.893. The molecule has 2 amide bonds. The van der Waals surface area contributed by atoms with Crippen molar-refractivity contribution in [1.29, 1.82) is 0 Å². The van der Waals surface area contributed by atoms with E-state index in [0.717, 1.165) is 11.9 Å². The lowest BCUT2D eigenvalue weighted by molar-refractivity contribution is -0.128. The molecule has 1 rings (SSSR count). The van der Waals surface area contributed by atoms with E-state index in [1.54, 1.807) is 27.7 Å². The third-order valence-corrected chi connectivity index (χ3v) is 6.56. The van der Waals surface area contributed by atoms with Crippen molar-refractivity contribution >= 4 is 33.8 Å². The van der Waals surface area contributed by atoms with E-state index in [2.05, 4.69) is 25.2 Å². The predicted molar refractivity (Wildman–Crippen MR) is 92.5 cm³/mol. The Morgan fingerprint density at radius 1 is 1.17 bits per heavy atom. The Kier molecular flexibility index (Phi) is 7.61. The van der Waals surface area contributed by atoms with Crippen LogP contribution in [0.15, 0.2) is 9.63 Å². The van der Waals surface area contributed by atoms with E-state index < -0.39 is 20.0 Å². The number of unbranched alkanes of at least 4 members (excludes halogenated alkanes) is 1. The maximum absolute atomic E-state index is 11.8. The quantitative estimate of drug-likeness (QED) is 0.344. The van der Waals surface area contributed by atoms with Gasteiger partial charge >= 0.3 is 0 Å². The highest BCUT2D eigenvalue weighted by molar-refractivity contribution is 7.99. The first kappa shape index (κ1) is 20.8. The molecule has 24 heavy (non-hydrogen) atoms. The number of hydrogen-bond acceptors (Lipinski definition) is 7. The molecule has 0 bridgehead atoms. The van der Waals surface area contributed by atoms with Crippen molar-refractivity contribution in [3.05, 3.63) is 0 Å². The molecule has 0 saturated heterocycles. The van der Waals surface area contributed by atoms with Crippen LogP contribution < -0.4 is 15.6 Å². The minimum atomic E-state index is -3.36. The molecule has 3 N–H and O–H groups in total. The lowest BCUT2D eigenvalue weighted by Crippen LogP contribution is -2.47. The van der Waals surface area contributed by atoms with E-state index in [4.69, 9.17) is 0 Å². The summed E-state index contributed by atoms with van der Waals surface area (Å²) in [5.41, 5.74) is 4.69. The van der Waals surface area contributed by atoms with Gasteiger partial charge in [-0.05, 0) is 40.5 Å². The molecule has 1 aliphatic heterocycles. The van der Waals surface area contributed by atoms with E-state index in [1.807, 2.05) is 0 Å². The summed E-state index contributed by atoms with van der Waals surface area (Å²) in [6, 6.07) is -0.220. The van der Waals surface area contributed by atoms with Gasteiger partial charge in [-0.3, -0.25) is 20.4 Å². The second kappa shape index (κ2) is 8.77. The molecular weight excluding hydrogens is 354 g/mol. The van der Waals surface area contributed by atoms with Crippen molar-refractivity contribution in [2.24, 2.45) is 9.63 Å². The van der Waals surface area contributed by atoms with Crippen LogP contribution in [0.25, 0.3) is 0 Å². The highest BCUT2D eigenvalue weighted by Gasteiger charge is 2.30. The van der Waals surface area contributed by atoms with Gasteiger partial charge in [-0.25, -0.2) is 13.1 Å². The standard InChI is InChI=1S/C13H25N5O4S2/c1-9-11(23-18-15-9)12(20)17-16-10(19)7-5-6-8-14-24(21,22)13(2,3)4/h9,11,14H,5-8H2,1-4H3,(H,16,19)(H,17,20). The zero-order chi connectivity index (χ0) is 18.4. The van der Waals surface area contributed by atoms with E-state index >= 15 is 0 Å². The van der Waals surface area contributed by atoms with Gasteiger partial charge < -0.3 is 0 Å². The number of nitrogens with one attached hydrogen (secondary N) is 3. The summed E-state index contributed by atoms with van der Waals surface area (Å²) < 4.78 is 29.0. The molecule has 2 unspecified atom stereocenters. The Labute approximate surface area is 147 Å². The fourth-order valence-corrected chi connectivity index (χ4v) is 3.20. The second-order valence-corrected chi connectivity index (χ2v) is 9.87. The largest absolute Gasteiger partial charge is 0.273 e. The van der Waals surface area contributed by atoms with Crippen LogP contribution in [0.3, 0.4) is 0 Å². The SMILES string of the molecule is CC1N=NSC1C(=O)NNC(=O)CCCCNS(=O)(=O)C(C)(C)C. The summed E-state index contributed by atoms with van der Waals surface area (Å²) >= 11 is 1.07. The molecule has 0 aromatic rings. The van der Waals surface area contributed by atoms with Crippen molar-refractivity contribution in [3.63, 3.8) is 0 Å². The number of carbonyl (C=O) groups excluding carboxylic acids is 2. The van der Waals surface area contributed by atoms with Crippen molar-refractivity contribution in [3.8, 4) is 0 Å². The molecule has 0 aliphatic carbocycles. The van der Waals surface area contributed by atoms with Gasteiger partial charge in [0.05, 0.1) is 10.8 Å². The molecule has 0 radical (unpaired) electrons. The normalized spacial score (nSPS) is 20.8. The summed E-state index contributed by atoms with van der Waals surface area (Å²) in [6.07, 6.45) is 1.23. The summed E-state index contributed by atoms with van der Waals surface area (Å²) in [6.45, 7) is 6.91. The average molecular weight is 380 g/mol. The molecule has 0 aromatic carbocycles. The van der Waals surface area contributed by atoms with Crippen molar-refractivity contribution in [1.82, 2.24) is 15.6 Å². The Bertz CT molecular complexity index is 586. The van der Waals surface area contributed by atoms with Crippen molar-refractivity contribution in [2.45, 2.75) is 63.0 Å². The highest BCUT2D eigenvalue weighted by Crippen LogP contribution is 2.26. The van der Waals surface area contributed by atoms with Crippen LogP contribution >= 0.6 is 11.9 Å². The van der Waals surface area contributed by atoms with Crippen LogP contribution in [0.1, 0.15) is 47.0 Å². The number of sulfonamides is 1. The van der Waals surface area contributed by atoms with Gasteiger partial charge in [0.25, 0.3) is 5.91 Å². The van der Waals surface area contributed by atoms with Gasteiger partial charge in [0.15, 0.2) is 0 Å². The topological polar surface area (TPSA) is 129 Å². The smallest absolute Gasteiger partial charge is 0.255 e. The molecule has 0 fully saturated rings. The van der Waals surface area contributed by atoms with Gasteiger partial charge in [0.1, 0.15) is 5.25 Å². The average Bonchev–Trinajstić information content (AvgIpc) is 2.89. The first-order valence-electron chi connectivity index (χ1n) is 7.68. The van der Waals surface area contributed by atoms with Gasteiger partial charge in [0, 0.05) is 24.9 Å². The van der Waals surface area contributed by atoms with Crippen LogP contribution in [0.5, 0.6) is 0 Å². The maximum Gasteiger partial charge on any atom is 0.255 e. The first-order chi connectivity index (χ1) is 11.0. The summed E-state index contributed by atoms with van der Waals surface area (Å²) in [7, 11) is -3.36. The first-order valence-corrected chi connectivity index (χ1v) is 10.0. The Balaban J connectivity index is 2.15. The Hall–Kier alpha value is -1.20. The lowest BCUT2D eigenvalue weighted by atomic mass is 10.2. The maximum atomic E-state index is 11.8.